The molecule has 0 saturated heterocycles. The van der Waals surface area contributed by atoms with Crippen molar-refractivity contribution in [3.05, 3.63) is 64.7 Å². The van der Waals surface area contributed by atoms with Gasteiger partial charge in [-0.2, -0.15) is 13.5 Å². The van der Waals surface area contributed by atoms with Gasteiger partial charge in [0.25, 0.3) is 10.1 Å². The maximum Gasteiger partial charge on any atom is 0.341 e. The van der Waals surface area contributed by atoms with E-state index in [0.29, 0.717) is 22.1 Å². The molecule has 3 N–H and O–H groups in total. The van der Waals surface area contributed by atoms with Gasteiger partial charge in [0.1, 0.15) is 5.75 Å². The van der Waals surface area contributed by atoms with Crippen LogP contribution in [-0.2, 0) is 14.9 Å². The second kappa shape index (κ2) is 10.3. The molecule has 11 nitrogen and oxygen atoms in total. The van der Waals surface area contributed by atoms with E-state index in [1.165, 1.54) is 35.6 Å². The van der Waals surface area contributed by atoms with Crippen LogP contribution in [0.3, 0.4) is 0 Å². The summed E-state index contributed by atoms with van der Waals surface area (Å²) in [5.41, 5.74) is 4.50. The first-order valence-electron chi connectivity index (χ1n) is 9.34. The van der Waals surface area contributed by atoms with Crippen LogP contribution >= 0.6 is 11.3 Å². The van der Waals surface area contributed by atoms with E-state index in [1.807, 2.05) is 13.8 Å². The van der Waals surface area contributed by atoms with Gasteiger partial charge in [0, 0.05) is 10.4 Å². The summed E-state index contributed by atoms with van der Waals surface area (Å²) in [7, 11) is -4.31. The Morgan fingerprint density at radius 1 is 1.18 bits per heavy atom. The first-order chi connectivity index (χ1) is 15.6. The fourth-order valence-corrected chi connectivity index (χ4v) is 3.63. The summed E-state index contributed by atoms with van der Waals surface area (Å²) in [5.74, 6) is -0.671. The Bertz CT molecular complexity index is 1300. The molecule has 2 aromatic carbocycles. The molecule has 0 aliphatic carbocycles. The summed E-state index contributed by atoms with van der Waals surface area (Å²) in [6.07, 6.45) is 0. The van der Waals surface area contributed by atoms with Crippen LogP contribution in [-0.4, -0.2) is 41.5 Å². The minimum absolute atomic E-state index is 0.139. The molecule has 0 spiro atoms. The topological polar surface area (TPSA) is 163 Å². The third-order valence-electron chi connectivity index (χ3n) is 4.15. The van der Waals surface area contributed by atoms with Gasteiger partial charge in [-0.1, -0.05) is 23.5 Å². The number of hydrogen-bond acceptors (Lipinski definition) is 9. The average Bonchev–Trinajstić information content (AvgIpc) is 3.09. The number of aromatic nitrogens is 1. The predicted octanol–water partition coefficient (Wildman–Crippen LogP) is 4.03. The lowest BCUT2D eigenvalue weighted by molar-refractivity contribution is -0.139. The van der Waals surface area contributed by atoms with E-state index in [0.717, 1.165) is 10.6 Å². The first-order valence-corrected chi connectivity index (χ1v) is 11.6. The van der Waals surface area contributed by atoms with E-state index in [-0.39, 0.29) is 10.7 Å². The number of aryl methyl sites for hydroxylation is 2. The van der Waals surface area contributed by atoms with E-state index in [1.54, 1.807) is 24.3 Å². The fraction of sp³-hybridized carbons (Fsp3) is 0.150. The second-order valence-electron chi connectivity index (χ2n) is 6.59. The van der Waals surface area contributed by atoms with E-state index >= 15 is 0 Å². The third kappa shape index (κ3) is 6.90. The van der Waals surface area contributed by atoms with Crippen molar-refractivity contribution in [1.29, 1.82) is 0 Å². The van der Waals surface area contributed by atoms with Crippen molar-refractivity contribution in [2.75, 3.05) is 12.0 Å². The Morgan fingerprint density at radius 2 is 1.91 bits per heavy atom. The number of azo groups is 1. The van der Waals surface area contributed by atoms with Gasteiger partial charge in [0.15, 0.2) is 6.61 Å². The lowest BCUT2D eigenvalue weighted by Crippen LogP contribution is -2.10. The number of rotatable bonds is 8. The Hall–Kier alpha value is -3.68. The highest BCUT2D eigenvalue weighted by Gasteiger charge is 2.10. The quantitative estimate of drug-likeness (QED) is 0.140. The van der Waals surface area contributed by atoms with Gasteiger partial charge in [-0.05, 0) is 50.2 Å². The van der Waals surface area contributed by atoms with Crippen LogP contribution < -0.4 is 10.2 Å². The molecule has 0 radical (unpaired) electrons. The zero-order chi connectivity index (χ0) is 24.0. The Kier molecular flexibility index (Phi) is 7.48. The SMILES string of the molecule is Cc1nc(/N=N/C(=N/Nc2ccc(S(=O)(=O)O)cc2)c2cccc(OCC(=O)O)c2)sc1C. The molecule has 13 heteroatoms. The zero-order valence-corrected chi connectivity index (χ0v) is 19.1. The standard InChI is InChI=1S/C20H19N5O6S2/c1-12-13(2)32-20(21-12)25-24-19(14-4-3-5-16(10-14)31-11-18(26)27)23-22-15-6-8-17(9-7-15)33(28,29)30/h3-10,22H,11H2,1-2H3,(H,26,27)(H,28,29,30)/b23-19+,25-24+. The van der Waals surface area contributed by atoms with Crippen molar-refractivity contribution in [2.45, 2.75) is 18.7 Å². The molecule has 3 aromatic rings. The fourth-order valence-electron chi connectivity index (χ4n) is 2.42. The molecule has 33 heavy (non-hydrogen) atoms. The third-order valence-corrected chi connectivity index (χ3v) is 5.97. The summed E-state index contributed by atoms with van der Waals surface area (Å²) >= 11 is 1.37. The molecule has 1 aromatic heterocycles. The van der Waals surface area contributed by atoms with Crippen molar-refractivity contribution < 1.29 is 27.6 Å². The van der Waals surface area contributed by atoms with Gasteiger partial charge in [0.2, 0.25) is 11.0 Å². The molecule has 172 valence electrons. The van der Waals surface area contributed by atoms with E-state index in [9.17, 15) is 13.2 Å². The molecule has 3 rings (SSSR count). The number of benzene rings is 2. The van der Waals surface area contributed by atoms with Crippen LogP contribution in [0, 0.1) is 13.8 Å². The highest BCUT2D eigenvalue weighted by molar-refractivity contribution is 7.85. The number of anilines is 1. The molecule has 0 amide bonds. The first kappa shape index (κ1) is 24.0. The number of carboxylic acids is 1. The van der Waals surface area contributed by atoms with Crippen molar-refractivity contribution in [2.24, 2.45) is 15.3 Å². The van der Waals surface area contributed by atoms with Crippen LogP contribution in [0.2, 0.25) is 0 Å². The van der Waals surface area contributed by atoms with Crippen LogP contribution in [0.4, 0.5) is 10.8 Å². The molecule has 0 unspecified atom stereocenters. The Balaban J connectivity index is 1.91. The largest absolute Gasteiger partial charge is 0.482 e. The minimum Gasteiger partial charge on any atom is -0.482 e. The van der Waals surface area contributed by atoms with Gasteiger partial charge in [-0.15, -0.1) is 10.2 Å². The van der Waals surface area contributed by atoms with Gasteiger partial charge < -0.3 is 9.84 Å². The highest BCUT2D eigenvalue weighted by Crippen LogP contribution is 2.25. The van der Waals surface area contributed by atoms with Gasteiger partial charge >= 0.3 is 5.97 Å². The smallest absolute Gasteiger partial charge is 0.341 e. The van der Waals surface area contributed by atoms with Gasteiger partial charge in [-0.3, -0.25) is 9.98 Å². The summed E-state index contributed by atoms with van der Waals surface area (Å²) in [4.78, 5) is 15.8. The number of hydrazone groups is 1. The summed E-state index contributed by atoms with van der Waals surface area (Å²) in [5, 5.41) is 21.8. The molecule has 0 bridgehead atoms. The van der Waals surface area contributed by atoms with Crippen molar-refractivity contribution in [1.82, 2.24) is 4.98 Å². The highest BCUT2D eigenvalue weighted by atomic mass is 32.2. The lowest BCUT2D eigenvalue weighted by atomic mass is 10.2. The minimum atomic E-state index is -4.31. The number of ether oxygens (including phenoxy) is 1. The normalized spacial score (nSPS) is 12.2. The number of carboxylic acid groups (broad SMARTS) is 1. The molecular weight excluding hydrogens is 470 g/mol. The van der Waals surface area contributed by atoms with Crippen molar-refractivity contribution in [3.63, 3.8) is 0 Å². The molecule has 0 atom stereocenters. The predicted molar refractivity (Wildman–Crippen MR) is 122 cm³/mol. The van der Waals surface area contributed by atoms with Crippen LogP contribution in [0.15, 0.2) is 68.8 Å². The molecular formula is C20H19N5O6S2. The molecule has 0 saturated carbocycles. The van der Waals surface area contributed by atoms with E-state index in [2.05, 4.69) is 25.7 Å². The number of aliphatic carboxylic acids is 1. The van der Waals surface area contributed by atoms with Gasteiger partial charge in [-0.25, -0.2) is 9.78 Å². The van der Waals surface area contributed by atoms with Crippen molar-refractivity contribution >= 4 is 44.1 Å². The van der Waals surface area contributed by atoms with Crippen LogP contribution in [0.1, 0.15) is 16.1 Å². The maximum absolute atomic E-state index is 11.2. The molecule has 0 fully saturated rings. The van der Waals surface area contributed by atoms with Crippen molar-refractivity contribution in [3.8, 4) is 5.75 Å². The second-order valence-corrected chi connectivity index (χ2v) is 9.20. The Morgan fingerprint density at radius 3 is 2.52 bits per heavy atom. The van der Waals surface area contributed by atoms with Crippen LogP contribution in [0.5, 0.6) is 5.75 Å². The number of nitrogens with one attached hydrogen (secondary N) is 1. The summed E-state index contributed by atoms with van der Waals surface area (Å²) in [6.45, 7) is 3.27. The Labute approximate surface area is 193 Å². The maximum atomic E-state index is 11.2. The van der Waals surface area contributed by atoms with E-state index in [4.69, 9.17) is 14.4 Å². The monoisotopic (exact) mass is 489 g/mol. The van der Waals surface area contributed by atoms with Crippen LogP contribution in [0.25, 0.3) is 0 Å². The number of amidine groups is 1. The molecule has 1 heterocycles. The summed E-state index contributed by atoms with van der Waals surface area (Å²) < 4.78 is 36.7. The number of carbonyl (C=O) groups is 1. The van der Waals surface area contributed by atoms with Gasteiger partial charge in [0.05, 0.1) is 16.3 Å². The number of hydrogen-bond donors (Lipinski definition) is 3. The number of thiazole rings is 1. The summed E-state index contributed by atoms with van der Waals surface area (Å²) in [6, 6.07) is 11.8. The van der Waals surface area contributed by atoms with E-state index < -0.39 is 22.7 Å². The molecule has 0 aliphatic rings. The molecule has 0 aliphatic heterocycles. The number of nitrogens with zero attached hydrogens (tertiary/aromatic N) is 4. The lowest BCUT2D eigenvalue weighted by Gasteiger charge is -2.07. The zero-order valence-electron chi connectivity index (χ0n) is 17.5. The average molecular weight is 490 g/mol.